The smallest absolute Gasteiger partial charge is 0.259 e. The van der Waals surface area contributed by atoms with Crippen molar-refractivity contribution in [1.29, 1.82) is 0 Å². The monoisotopic (exact) mass is 416 g/mol. The summed E-state index contributed by atoms with van der Waals surface area (Å²) >= 11 is 0. The molecule has 0 radical (unpaired) electrons. The van der Waals surface area contributed by atoms with Crippen LogP contribution in [-0.4, -0.2) is 52.0 Å². The largest absolute Gasteiger partial charge is 0.496 e. The molecule has 1 aliphatic carbocycles. The normalized spacial score (nSPS) is 17.0. The lowest BCUT2D eigenvalue weighted by molar-refractivity contribution is 0.0730. The fourth-order valence-electron chi connectivity index (χ4n) is 3.81. The van der Waals surface area contributed by atoms with Crippen LogP contribution in [0.4, 0.5) is 5.69 Å². The molecule has 0 spiro atoms. The van der Waals surface area contributed by atoms with Gasteiger partial charge in [0.05, 0.1) is 30.8 Å². The van der Waals surface area contributed by atoms with Crippen LogP contribution in [0.15, 0.2) is 41.3 Å². The summed E-state index contributed by atoms with van der Waals surface area (Å²) in [6.07, 6.45) is 3.20. The van der Waals surface area contributed by atoms with Crippen molar-refractivity contribution in [2.24, 2.45) is 0 Å². The van der Waals surface area contributed by atoms with Gasteiger partial charge in [-0.05, 0) is 60.7 Å². The van der Waals surface area contributed by atoms with Crippen LogP contribution < -0.4 is 10.1 Å². The molecule has 2 aromatic carbocycles. The molecule has 0 saturated carbocycles. The minimum Gasteiger partial charge on any atom is -0.496 e. The molecule has 4 rings (SSSR count). The molecule has 1 heterocycles. The first-order valence-electron chi connectivity index (χ1n) is 9.68. The van der Waals surface area contributed by atoms with Gasteiger partial charge in [-0.3, -0.25) is 4.79 Å². The molecule has 1 fully saturated rings. The topological polar surface area (TPSA) is 84.9 Å². The molecule has 1 saturated heterocycles. The van der Waals surface area contributed by atoms with Crippen molar-refractivity contribution in [3.63, 3.8) is 0 Å². The van der Waals surface area contributed by atoms with Crippen molar-refractivity contribution >= 4 is 21.6 Å². The van der Waals surface area contributed by atoms with Crippen molar-refractivity contribution in [2.75, 3.05) is 38.7 Å². The highest BCUT2D eigenvalue weighted by Gasteiger charge is 2.28. The highest BCUT2D eigenvalue weighted by atomic mass is 32.2. The predicted octanol–water partition coefficient (Wildman–Crippen LogP) is 2.46. The number of aryl methyl sites for hydroxylation is 2. The number of morpholine rings is 1. The standard InChI is InChI=1S/C21H24N2O5S/c1-27-20-8-7-18(29(25,26)23-9-11-28-12-10-23)14-19(20)21(24)22-17-6-5-15-3-2-4-16(15)13-17/h5-8,13-14H,2-4,9-12H2,1H3,(H,22,24). The summed E-state index contributed by atoms with van der Waals surface area (Å²) in [6, 6.07) is 10.3. The Morgan fingerprint density at radius 1 is 1.07 bits per heavy atom. The number of rotatable bonds is 5. The molecule has 1 amide bonds. The van der Waals surface area contributed by atoms with Gasteiger partial charge >= 0.3 is 0 Å². The summed E-state index contributed by atoms with van der Waals surface area (Å²) in [7, 11) is -2.25. The summed E-state index contributed by atoms with van der Waals surface area (Å²) in [5.74, 6) is -0.0802. The number of hydrogen-bond donors (Lipinski definition) is 1. The van der Waals surface area contributed by atoms with Crippen molar-refractivity contribution in [2.45, 2.75) is 24.2 Å². The minimum atomic E-state index is -3.71. The zero-order valence-electron chi connectivity index (χ0n) is 16.3. The van der Waals surface area contributed by atoms with Gasteiger partial charge in [0, 0.05) is 18.8 Å². The summed E-state index contributed by atoms with van der Waals surface area (Å²) < 4.78 is 37.8. The number of nitrogens with one attached hydrogen (secondary N) is 1. The molecule has 154 valence electrons. The lowest BCUT2D eigenvalue weighted by Gasteiger charge is -2.26. The second-order valence-electron chi connectivity index (χ2n) is 7.17. The number of amides is 1. The molecule has 2 aromatic rings. The van der Waals surface area contributed by atoms with E-state index >= 15 is 0 Å². The number of methoxy groups -OCH3 is 1. The number of ether oxygens (including phenoxy) is 2. The quantitative estimate of drug-likeness (QED) is 0.809. The zero-order chi connectivity index (χ0) is 20.4. The third-order valence-corrected chi connectivity index (χ3v) is 7.27. The highest BCUT2D eigenvalue weighted by molar-refractivity contribution is 7.89. The molecule has 1 N–H and O–H groups in total. The SMILES string of the molecule is COc1ccc(S(=O)(=O)N2CCOCC2)cc1C(=O)Nc1ccc2c(c1)CCC2. The van der Waals surface area contributed by atoms with E-state index in [1.807, 2.05) is 18.2 Å². The van der Waals surface area contributed by atoms with Gasteiger partial charge in [-0.1, -0.05) is 6.07 Å². The number of fused-ring (bicyclic) bond motifs is 1. The number of sulfonamides is 1. The van der Waals surface area contributed by atoms with Crippen LogP contribution in [0.2, 0.25) is 0 Å². The lowest BCUT2D eigenvalue weighted by Crippen LogP contribution is -2.40. The Bertz CT molecular complexity index is 1030. The molecule has 0 unspecified atom stereocenters. The number of nitrogens with zero attached hydrogens (tertiary/aromatic N) is 1. The van der Waals surface area contributed by atoms with Crippen molar-refractivity contribution in [3.05, 3.63) is 53.1 Å². The Morgan fingerprint density at radius 2 is 1.83 bits per heavy atom. The van der Waals surface area contributed by atoms with Gasteiger partial charge in [0.25, 0.3) is 5.91 Å². The van der Waals surface area contributed by atoms with Gasteiger partial charge in [0.15, 0.2) is 0 Å². The van der Waals surface area contributed by atoms with Crippen molar-refractivity contribution < 1.29 is 22.7 Å². The first-order chi connectivity index (χ1) is 14.0. The average molecular weight is 416 g/mol. The Balaban J connectivity index is 1.62. The molecule has 29 heavy (non-hydrogen) atoms. The maximum absolute atomic E-state index is 12.9. The van der Waals surface area contributed by atoms with Crippen LogP contribution >= 0.6 is 0 Å². The van der Waals surface area contributed by atoms with Crippen LogP contribution in [0.1, 0.15) is 27.9 Å². The number of hydrogen-bond acceptors (Lipinski definition) is 5. The van der Waals surface area contributed by atoms with E-state index in [-0.39, 0.29) is 10.5 Å². The van der Waals surface area contributed by atoms with E-state index in [9.17, 15) is 13.2 Å². The maximum Gasteiger partial charge on any atom is 0.259 e. The molecule has 2 aliphatic rings. The second-order valence-corrected chi connectivity index (χ2v) is 9.11. The summed E-state index contributed by atoms with van der Waals surface area (Å²) in [6.45, 7) is 1.32. The Kier molecular flexibility index (Phi) is 5.58. The molecular weight excluding hydrogens is 392 g/mol. The first-order valence-corrected chi connectivity index (χ1v) is 11.1. The van der Waals surface area contributed by atoms with Gasteiger partial charge < -0.3 is 14.8 Å². The van der Waals surface area contributed by atoms with E-state index in [0.717, 1.165) is 19.3 Å². The predicted molar refractivity (Wildman–Crippen MR) is 109 cm³/mol. The van der Waals surface area contributed by atoms with Crippen LogP contribution in [0, 0.1) is 0 Å². The summed E-state index contributed by atoms with van der Waals surface area (Å²) in [5, 5.41) is 2.87. The molecule has 0 atom stereocenters. The number of carbonyl (C=O) groups excluding carboxylic acids is 1. The Morgan fingerprint density at radius 3 is 2.59 bits per heavy atom. The van der Waals surface area contributed by atoms with E-state index in [1.54, 1.807) is 0 Å². The molecule has 0 bridgehead atoms. The van der Waals surface area contributed by atoms with Crippen LogP contribution in [0.25, 0.3) is 0 Å². The van der Waals surface area contributed by atoms with E-state index in [1.165, 1.54) is 40.7 Å². The van der Waals surface area contributed by atoms with Crippen molar-refractivity contribution in [3.8, 4) is 5.75 Å². The number of carbonyl (C=O) groups is 1. The summed E-state index contributed by atoms with van der Waals surface area (Å²) in [4.78, 5) is 13.0. The van der Waals surface area contributed by atoms with E-state index < -0.39 is 15.9 Å². The number of benzene rings is 2. The fourth-order valence-corrected chi connectivity index (χ4v) is 5.24. The summed E-state index contributed by atoms with van der Waals surface area (Å²) in [5.41, 5.74) is 3.44. The van der Waals surface area contributed by atoms with Crippen LogP contribution in [-0.2, 0) is 27.6 Å². The zero-order valence-corrected chi connectivity index (χ0v) is 17.1. The van der Waals surface area contributed by atoms with E-state index in [0.29, 0.717) is 37.7 Å². The molecule has 7 nitrogen and oxygen atoms in total. The lowest BCUT2D eigenvalue weighted by atomic mass is 10.1. The van der Waals surface area contributed by atoms with Gasteiger partial charge in [-0.2, -0.15) is 4.31 Å². The van der Waals surface area contributed by atoms with E-state index in [2.05, 4.69) is 5.32 Å². The van der Waals surface area contributed by atoms with E-state index in [4.69, 9.17) is 9.47 Å². The Labute approximate surface area is 170 Å². The minimum absolute atomic E-state index is 0.0688. The number of anilines is 1. The van der Waals surface area contributed by atoms with Crippen LogP contribution in [0.5, 0.6) is 5.75 Å². The van der Waals surface area contributed by atoms with Gasteiger partial charge in [0.1, 0.15) is 5.75 Å². The molecule has 1 aliphatic heterocycles. The molecule has 8 heteroatoms. The van der Waals surface area contributed by atoms with Crippen LogP contribution in [0.3, 0.4) is 0 Å². The second kappa shape index (κ2) is 8.14. The average Bonchev–Trinajstić information content (AvgIpc) is 3.21. The highest BCUT2D eigenvalue weighted by Crippen LogP contribution is 2.28. The van der Waals surface area contributed by atoms with Crippen molar-refractivity contribution in [1.82, 2.24) is 4.31 Å². The fraction of sp³-hybridized carbons (Fsp3) is 0.381. The maximum atomic E-state index is 12.9. The van der Waals surface area contributed by atoms with Gasteiger partial charge in [-0.25, -0.2) is 8.42 Å². The van der Waals surface area contributed by atoms with Gasteiger partial charge in [-0.15, -0.1) is 0 Å². The first kappa shape index (κ1) is 19.9. The molecule has 0 aromatic heterocycles. The molecular formula is C21H24N2O5S. The third-order valence-electron chi connectivity index (χ3n) is 5.38. The third kappa shape index (κ3) is 4.01. The van der Waals surface area contributed by atoms with Gasteiger partial charge in [0.2, 0.25) is 10.0 Å². The Hall–Kier alpha value is -2.42.